The number of primary amides is 1. The van der Waals surface area contributed by atoms with Gasteiger partial charge >= 0.3 is 0 Å². The van der Waals surface area contributed by atoms with Crippen molar-refractivity contribution in [1.29, 1.82) is 0 Å². The van der Waals surface area contributed by atoms with Crippen LogP contribution in [-0.4, -0.2) is 17.6 Å². The molecule has 1 heterocycles. The molecule has 0 aliphatic heterocycles. The van der Waals surface area contributed by atoms with Gasteiger partial charge in [-0.15, -0.1) is 11.3 Å². The molecule has 1 aromatic carbocycles. The van der Waals surface area contributed by atoms with E-state index in [9.17, 15) is 9.59 Å². The predicted molar refractivity (Wildman–Crippen MR) is 114 cm³/mol. The number of thioether (sulfide) groups is 1. The Morgan fingerprint density at radius 3 is 2.81 bits per heavy atom. The van der Waals surface area contributed by atoms with Crippen molar-refractivity contribution in [2.75, 3.05) is 11.1 Å². The summed E-state index contributed by atoms with van der Waals surface area (Å²) in [6.45, 7) is 2.22. The zero-order chi connectivity index (χ0) is 19.2. The van der Waals surface area contributed by atoms with Crippen molar-refractivity contribution in [1.82, 2.24) is 0 Å². The van der Waals surface area contributed by atoms with E-state index in [1.807, 2.05) is 30.0 Å². The summed E-state index contributed by atoms with van der Waals surface area (Å²) in [5, 5.41) is 3.58. The molecule has 1 atom stereocenters. The highest BCUT2D eigenvalue weighted by atomic mass is 32.2. The van der Waals surface area contributed by atoms with Crippen LogP contribution in [0.3, 0.4) is 0 Å². The van der Waals surface area contributed by atoms with Gasteiger partial charge in [-0.25, -0.2) is 0 Å². The first-order chi connectivity index (χ1) is 13.0. The Balaban J connectivity index is 1.50. The van der Waals surface area contributed by atoms with E-state index >= 15 is 0 Å². The molecule has 0 radical (unpaired) electrons. The Morgan fingerprint density at radius 2 is 2.07 bits per heavy atom. The molecule has 6 heteroatoms. The highest BCUT2D eigenvalue weighted by molar-refractivity contribution is 7.98. The van der Waals surface area contributed by atoms with Gasteiger partial charge < -0.3 is 11.1 Å². The minimum Gasteiger partial charge on any atom is -0.365 e. The lowest BCUT2D eigenvalue weighted by Gasteiger charge is -2.18. The summed E-state index contributed by atoms with van der Waals surface area (Å²) >= 11 is 3.36. The molecular formula is C21H26N2O2S2. The molecule has 3 N–H and O–H groups in total. The Kier molecular flexibility index (Phi) is 6.96. The Morgan fingerprint density at radius 1 is 1.30 bits per heavy atom. The van der Waals surface area contributed by atoms with Gasteiger partial charge in [0.1, 0.15) is 5.00 Å². The fourth-order valence-corrected chi connectivity index (χ4v) is 5.74. The molecule has 0 saturated heterocycles. The van der Waals surface area contributed by atoms with Crippen LogP contribution in [0.25, 0.3) is 0 Å². The average Bonchev–Trinajstić information content (AvgIpc) is 2.99. The lowest BCUT2D eigenvalue weighted by atomic mass is 9.88. The van der Waals surface area contributed by atoms with Gasteiger partial charge in [-0.2, -0.15) is 11.8 Å². The maximum atomic E-state index is 12.3. The highest BCUT2D eigenvalue weighted by Crippen LogP contribution is 2.39. The third kappa shape index (κ3) is 5.36. The monoisotopic (exact) mass is 402 g/mol. The van der Waals surface area contributed by atoms with Gasteiger partial charge in [0.25, 0.3) is 5.91 Å². The first-order valence-electron chi connectivity index (χ1n) is 9.40. The molecule has 1 aliphatic carbocycles. The number of fused-ring (bicyclic) bond motifs is 1. The molecular weight excluding hydrogens is 376 g/mol. The Labute approximate surface area is 168 Å². The van der Waals surface area contributed by atoms with Gasteiger partial charge in [-0.1, -0.05) is 37.3 Å². The molecule has 2 amide bonds. The molecule has 0 fully saturated rings. The van der Waals surface area contributed by atoms with Crippen LogP contribution in [-0.2, 0) is 23.4 Å². The van der Waals surface area contributed by atoms with E-state index in [2.05, 4.69) is 24.4 Å². The van der Waals surface area contributed by atoms with Crippen molar-refractivity contribution in [3.05, 3.63) is 51.9 Å². The van der Waals surface area contributed by atoms with Crippen LogP contribution >= 0.6 is 23.1 Å². The summed E-state index contributed by atoms with van der Waals surface area (Å²) in [4.78, 5) is 25.5. The quantitative estimate of drug-likeness (QED) is 0.633. The van der Waals surface area contributed by atoms with Gasteiger partial charge in [0.2, 0.25) is 5.91 Å². The minimum atomic E-state index is -0.434. The number of nitrogens with two attached hydrogens (primary N) is 1. The van der Waals surface area contributed by atoms with E-state index in [0.29, 0.717) is 22.9 Å². The second-order valence-electron chi connectivity index (χ2n) is 7.11. The number of benzene rings is 1. The van der Waals surface area contributed by atoms with E-state index in [1.54, 1.807) is 0 Å². The lowest BCUT2D eigenvalue weighted by molar-refractivity contribution is -0.116. The number of thiophene rings is 1. The second kappa shape index (κ2) is 9.42. The first-order valence-corrected chi connectivity index (χ1v) is 11.4. The first kappa shape index (κ1) is 20.0. The average molecular weight is 403 g/mol. The number of anilines is 1. The summed E-state index contributed by atoms with van der Waals surface area (Å²) in [6.07, 6.45) is 4.18. The van der Waals surface area contributed by atoms with Crippen molar-refractivity contribution in [3.8, 4) is 0 Å². The molecule has 0 saturated carbocycles. The number of hydrogen-bond donors (Lipinski definition) is 2. The van der Waals surface area contributed by atoms with Crippen LogP contribution in [0.15, 0.2) is 30.3 Å². The van der Waals surface area contributed by atoms with Crippen LogP contribution in [0.5, 0.6) is 0 Å². The summed E-state index contributed by atoms with van der Waals surface area (Å²) in [7, 11) is 0. The third-order valence-electron chi connectivity index (χ3n) is 4.82. The van der Waals surface area contributed by atoms with E-state index < -0.39 is 5.91 Å². The number of hydrogen-bond acceptors (Lipinski definition) is 4. The molecule has 144 valence electrons. The standard InChI is InChI=1S/C21H26N2O2S2/c1-14-9-10-16-17(12-14)27-21(19(16)20(22)25)23-18(24)8-5-11-26-13-15-6-3-2-4-7-15/h2-4,6-7,14H,5,8-13H2,1H3,(H2,22,25)(H,23,24). The van der Waals surface area contributed by atoms with Gasteiger partial charge in [0.15, 0.2) is 0 Å². The molecule has 3 rings (SSSR count). The topological polar surface area (TPSA) is 72.2 Å². The molecule has 0 bridgehead atoms. The predicted octanol–water partition coefficient (Wildman–Crippen LogP) is 4.62. The maximum absolute atomic E-state index is 12.3. The van der Waals surface area contributed by atoms with Crippen LogP contribution < -0.4 is 11.1 Å². The SMILES string of the molecule is CC1CCc2c(sc(NC(=O)CCCSCc3ccccc3)c2C(N)=O)C1. The van der Waals surface area contributed by atoms with Crippen LogP contribution in [0.2, 0.25) is 0 Å². The zero-order valence-corrected chi connectivity index (χ0v) is 17.3. The minimum absolute atomic E-state index is 0.0375. The van der Waals surface area contributed by atoms with Crippen molar-refractivity contribution in [2.45, 2.75) is 44.8 Å². The largest absolute Gasteiger partial charge is 0.365 e. The zero-order valence-electron chi connectivity index (χ0n) is 15.6. The molecule has 4 nitrogen and oxygen atoms in total. The summed E-state index contributed by atoms with van der Waals surface area (Å²) in [5.74, 6) is 2.04. The number of nitrogens with one attached hydrogen (secondary N) is 1. The van der Waals surface area contributed by atoms with Crippen LogP contribution in [0.4, 0.5) is 5.00 Å². The van der Waals surface area contributed by atoms with E-state index in [4.69, 9.17) is 5.73 Å². The van der Waals surface area contributed by atoms with Crippen molar-refractivity contribution in [2.24, 2.45) is 11.7 Å². The summed E-state index contributed by atoms with van der Waals surface area (Å²) in [6, 6.07) is 10.3. The molecule has 27 heavy (non-hydrogen) atoms. The van der Waals surface area contributed by atoms with Crippen LogP contribution in [0, 0.1) is 5.92 Å². The van der Waals surface area contributed by atoms with Crippen LogP contribution in [0.1, 0.15) is 52.5 Å². The molecule has 1 aromatic heterocycles. The van der Waals surface area contributed by atoms with Gasteiger partial charge in [0, 0.05) is 17.1 Å². The fraction of sp³-hybridized carbons (Fsp3) is 0.429. The fourth-order valence-electron chi connectivity index (χ4n) is 3.39. The Hall–Kier alpha value is -1.79. The summed E-state index contributed by atoms with van der Waals surface area (Å²) < 4.78 is 0. The van der Waals surface area contributed by atoms with Gasteiger partial charge in [0.05, 0.1) is 5.56 Å². The van der Waals surface area contributed by atoms with Crippen molar-refractivity contribution >= 4 is 39.9 Å². The summed E-state index contributed by atoms with van der Waals surface area (Å²) in [5.41, 5.74) is 8.49. The van der Waals surface area contributed by atoms with E-state index in [-0.39, 0.29) is 5.91 Å². The molecule has 1 unspecified atom stereocenters. The van der Waals surface area contributed by atoms with E-state index in [0.717, 1.165) is 42.8 Å². The van der Waals surface area contributed by atoms with Crippen molar-refractivity contribution in [3.63, 3.8) is 0 Å². The number of carbonyl (C=O) groups is 2. The lowest BCUT2D eigenvalue weighted by Crippen LogP contribution is -2.19. The Bertz CT molecular complexity index is 802. The highest BCUT2D eigenvalue weighted by Gasteiger charge is 2.27. The molecule has 2 aromatic rings. The number of amides is 2. The molecule has 1 aliphatic rings. The normalized spacial score (nSPS) is 16.0. The smallest absolute Gasteiger partial charge is 0.251 e. The van der Waals surface area contributed by atoms with E-state index in [1.165, 1.54) is 21.8 Å². The number of rotatable bonds is 8. The van der Waals surface area contributed by atoms with Crippen molar-refractivity contribution < 1.29 is 9.59 Å². The molecule has 0 spiro atoms. The van der Waals surface area contributed by atoms with Gasteiger partial charge in [-0.05, 0) is 48.5 Å². The number of carbonyl (C=O) groups excluding carboxylic acids is 2. The van der Waals surface area contributed by atoms with Gasteiger partial charge in [-0.3, -0.25) is 9.59 Å². The maximum Gasteiger partial charge on any atom is 0.251 e. The third-order valence-corrected chi connectivity index (χ3v) is 7.10. The second-order valence-corrected chi connectivity index (χ2v) is 9.32.